The highest BCUT2D eigenvalue weighted by molar-refractivity contribution is 8.14. The maximum Gasteiger partial charge on any atom is 0.160 e. The van der Waals surface area contributed by atoms with Gasteiger partial charge in [0.2, 0.25) is 0 Å². The Morgan fingerprint density at radius 3 is 2.88 bits per heavy atom. The van der Waals surface area contributed by atoms with E-state index in [2.05, 4.69) is 18.7 Å². The van der Waals surface area contributed by atoms with Crippen molar-refractivity contribution in [1.29, 1.82) is 0 Å². The predicted molar refractivity (Wildman–Crippen MR) is 76.0 cm³/mol. The van der Waals surface area contributed by atoms with Crippen LogP contribution in [0, 0.1) is 0 Å². The molecule has 1 saturated carbocycles. The van der Waals surface area contributed by atoms with Crippen molar-refractivity contribution < 1.29 is 0 Å². The molecule has 0 aromatic heterocycles. The van der Waals surface area contributed by atoms with Gasteiger partial charge in [-0.1, -0.05) is 36.8 Å². The molecule has 0 amide bonds. The summed E-state index contributed by atoms with van der Waals surface area (Å²) in [5, 5.41) is 1.87. The van der Waals surface area contributed by atoms with Crippen LogP contribution in [0.4, 0.5) is 0 Å². The molecule has 1 saturated heterocycles. The summed E-state index contributed by atoms with van der Waals surface area (Å²) in [6.45, 7) is 4.58. The van der Waals surface area contributed by atoms with Crippen molar-refractivity contribution in [3.63, 3.8) is 0 Å². The molecule has 3 rings (SSSR count). The van der Waals surface area contributed by atoms with Crippen LogP contribution in [0.5, 0.6) is 0 Å². The molecule has 3 aliphatic rings. The Labute approximate surface area is 110 Å². The third kappa shape index (κ3) is 2.03. The van der Waals surface area contributed by atoms with Gasteiger partial charge in [-0.05, 0) is 26.7 Å². The molecule has 5 atom stereocenters. The average Bonchev–Trinajstić information content (AvgIpc) is 2.54. The lowest BCUT2D eigenvalue weighted by Gasteiger charge is -2.37. The first-order valence-corrected chi connectivity index (χ1v) is 7.83. The van der Waals surface area contributed by atoms with Gasteiger partial charge in [0.1, 0.15) is 0 Å². The van der Waals surface area contributed by atoms with Gasteiger partial charge >= 0.3 is 0 Å². The molecule has 2 aliphatic heterocycles. The van der Waals surface area contributed by atoms with Crippen molar-refractivity contribution in [3.05, 3.63) is 0 Å². The summed E-state index contributed by atoms with van der Waals surface area (Å²) in [6, 6.07) is 1.78. The summed E-state index contributed by atoms with van der Waals surface area (Å²) in [7, 11) is 6.35. The smallest absolute Gasteiger partial charge is 0.160 e. The van der Waals surface area contributed by atoms with Crippen LogP contribution >= 0.6 is 11.8 Å². The summed E-state index contributed by atoms with van der Waals surface area (Å²) < 4.78 is 0. The zero-order valence-electron chi connectivity index (χ0n) is 10.8. The molecule has 0 spiro atoms. The van der Waals surface area contributed by atoms with Crippen molar-refractivity contribution in [2.75, 3.05) is 0 Å². The Morgan fingerprint density at radius 2 is 2.06 bits per heavy atom. The van der Waals surface area contributed by atoms with Gasteiger partial charge in [-0.25, -0.2) is 0 Å². The minimum atomic E-state index is 0.364. The second-order valence-corrected chi connectivity index (χ2v) is 7.00. The summed E-state index contributed by atoms with van der Waals surface area (Å²) in [5.41, 5.74) is 0. The van der Waals surface area contributed by atoms with Crippen LogP contribution < -0.4 is 0 Å². The molecule has 0 N–H and O–H groups in total. The fraction of sp³-hybridized carbons (Fsp3) is 0.923. The average molecular weight is 248 g/mol. The quantitative estimate of drug-likeness (QED) is 0.612. The fourth-order valence-electron chi connectivity index (χ4n) is 3.60. The van der Waals surface area contributed by atoms with Gasteiger partial charge in [0.05, 0.1) is 13.9 Å². The van der Waals surface area contributed by atoms with E-state index in [0.29, 0.717) is 29.2 Å². The van der Waals surface area contributed by atoms with Crippen LogP contribution in [0.3, 0.4) is 0 Å². The van der Waals surface area contributed by atoms with Gasteiger partial charge in [0, 0.05) is 17.3 Å². The SMILES string of the molecule is [B]C1CCCCC2C1SC1=NC(C)CC(C)N12. The number of amidine groups is 1. The molecular weight excluding hydrogens is 227 g/mol. The summed E-state index contributed by atoms with van der Waals surface area (Å²) >= 11 is 1.96. The summed E-state index contributed by atoms with van der Waals surface area (Å²) in [4.78, 5) is 7.42. The Bertz CT molecular complexity index is 333. The lowest BCUT2D eigenvalue weighted by atomic mass is 9.79. The summed E-state index contributed by atoms with van der Waals surface area (Å²) in [5.74, 6) is 0.364. The Morgan fingerprint density at radius 1 is 1.29 bits per heavy atom. The molecule has 17 heavy (non-hydrogen) atoms. The van der Waals surface area contributed by atoms with Crippen molar-refractivity contribution in [2.24, 2.45) is 4.99 Å². The zero-order valence-corrected chi connectivity index (χ0v) is 11.6. The van der Waals surface area contributed by atoms with Crippen molar-refractivity contribution in [3.8, 4) is 0 Å². The van der Waals surface area contributed by atoms with Crippen LogP contribution in [0.25, 0.3) is 0 Å². The van der Waals surface area contributed by atoms with E-state index in [1.54, 1.807) is 0 Å². The molecule has 5 unspecified atom stereocenters. The molecule has 2 nitrogen and oxygen atoms in total. The lowest BCUT2D eigenvalue weighted by Crippen LogP contribution is -2.46. The maximum absolute atomic E-state index is 6.35. The molecule has 92 valence electrons. The van der Waals surface area contributed by atoms with E-state index in [0.717, 1.165) is 0 Å². The van der Waals surface area contributed by atoms with E-state index in [-0.39, 0.29) is 0 Å². The van der Waals surface area contributed by atoms with Crippen molar-refractivity contribution in [1.82, 2.24) is 4.90 Å². The molecular formula is C13H21BN2S. The first-order valence-electron chi connectivity index (χ1n) is 6.95. The molecule has 2 fully saturated rings. The Balaban J connectivity index is 1.89. The third-order valence-corrected chi connectivity index (χ3v) is 5.86. The number of nitrogens with zero attached hydrogens (tertiary/aromatic N) is 2. The van der Waals surface area contributed by atoms with Crippen LogP contribution in [0.2, 0.25) is 5.82 Å². The highest BCUT2D eigenvalue weighted by Gasteiger charge is 2.45. The Hall–Kier alpha value is -0.115. The number of fused-ring (bicyclic) bond motifs is 3. The molecule has 2 radical (unpaired) electrons. The van der Waals surface area contributed by atoms with Crippen LogP contribution in [-0.4, -0.2) is 41.3 Å². The second kappa shape index (κ2) is 4.53. The zero-order chi connectivity index (χ0) is 12.0. The largest absolute Gasteiger partial charge is 0.345 e. The fourth-order valence-corrected chi connectivity index (χ4v) is 5.25. The minimum absolute atomic E-state index is 0.364. The molecule has 0 bridgehead atoms. The number of hydrogen-bond donors (Lipinski definition) is 0. The van der Waals surface area contributed by atoms with E-state index in [1.807, 2.05) is 11.8 Å². The molecule has 0 aromatic carbocycles. The predicted octanol–water partition coefficient (Wildman–Crippen LogP) is 2.84. The number of rotatable bonds is 0. The molecule has 4 heteroatoms. The lowest BCUT2D eigenvalue weighted by molar-refractivity contribution is 0.217. The van der Waals surface area contributed by atoms with Crippen LogP contribution in [0.15, 0.2) is 4.99 Å². The van der Waals surface area contributed by atoms with Crippen LogP contribution in [-0.2, 0) is 0 Å². The van der Waals surface area contributed by atoms with E-state index >= 15 is 0 Å². The van der Waals surface area contributed by atoms with Gasteiger partial charge in [0.25, 0.3) is 0 Å². The van der Waals surface area contributed by atoms with Crippen molar-refractivity contribution >= 4 is 24.8 Å². The van der Waals surface area contributed by atoms with Gasteiger partial charge in [0.15, 0.2) is 5.17 Å². The second-order valence-electron chi connectivity index (χ2n) is 5.85. The standard InChI is InChI=1S/C13H21BN2S/c1-8-7-9(2)16-11-6-4-3-5-10(14)12(11)17-13(16)15-8/h8-12H,3-7H2,1-2H3. The van der Waals surface area contributed by atoms with Gasteiger partial charge in [-0.3, -0.25) is 4.99 Å². The monoisotopic (exact) mass is 248 g/mol. The van der Waals surface area contributed by atoms with E-state index < -0.39 is 0 Å². The van der Waals surface area contributed by atoms with E-state index in [9.17, 15) is 0 Å². The molecule has 1 aliphatic carbocycles. The number of aliphatic imine (C=N–C) groups is 1. The minimum Gasteiger partial charge on any atom is -0.345 e. The third-order valence-electron chi connectivity index (χ3n) is 4.40. The van der Waals surface area contributed by atoms with Gasteiger partial charge in [-0.15, -0.1) is 0 Å². The maximum atomic E-state index is 6.35. The topological polar surface area (TPSA) is 15.6 Å². The summed E-state index contributed by atoms with van der Waals surface area (Å²) in [6.07, 6.45) is 6.34. The van der Waals surface area contributed by atoms with Crippen molar-refractivity contribution in [2.45, 2.75) is 75.1 Å². The van der Waals surface area contributed by atoms with Gasteiger partial charge in [-0.2, -0.15) is 0 Å². The number of thioether (sulfide) groups is 1. The number of hydrogen-bond acceptors (Lipinski definition) is 3. The normalized spacial score (nSPS) is 45.9. The first-order chi connectivity index (χ1) is 8.16. The van der Waals surface area contributed by atoms with Gasteiger partial charge < -0.3 is 4.90 Å². The molecule has 2 heterocycles. The molecule has 0 aromatic rings. The highest BCUT2D eigenvalue weighted by Crippen LogP contribution is 2.46. The first kappa shape index (κ1) is 11.9. The van der Waals surface area contributed by atoms with E-state index in [1.165, 1.54) is 37.3 Å². The highest BCUT2D eigenvalue weighted by atomic mass is 32.2. The van der Waals surface area contributed by atoms with E-state index in [4.69, 9.17) is 12.8 Å². The van der Waals surface area contributed by atoms with Crippen LogP contribution in [0.1, 0.15) is 46.0 Å². The Kier molecular flexibility index (Phi) is 3.18.